The molecule has 0 radical (unpaired) electrons. The third kappa shape index (κ3) is 2.55. The summed E-state index contributed by atoms with van der Waals surface area (Å²) >= 11 is 3.42. The van der Waals surface area contributed by atoms with Crippen LogP contribution in [0.4, 0.5) is 5.69 Å². The molecule has 0 aliphatic carbocycles. The van der Waals surface area contributed by atoms with Crippen LogP contribution < -0.4 is 4.74 Å². The second-order valence-electron chi connectivity index (χ2n) is 4.88. The Morgan fingerprint density at radius 1 is 1.23 bits per heavy atom. The minimum absolute atomic E-state index is 0.113. The van der Waals surface area contributed by atoms with Gasteiger partial charge in [0.2, 0.25) is 0 Å². The highest BCUT2D eigenvalue weighted by atomic mass is 79.9. The lowest BCUT2D eigenvalue weighted by Crippen LogP contribution is -1.97. The molecular formula is C15H12BrN3O3. The second kappa shape index (κ2) is 5.42. The van der Waals surface area contributed by atoms with Crippen molar-refractivity contribution in [3.63, 3.8) is 0 Å². The van der Waals surface area contributed by atoms with E-state index < -0.39 is 4.92 Å². The van der Waals surface area contributed by atoms with Gasteiger partial charge in [-0.3, -0.25) is 10.1 Å². The molecule has 0 aliphatic rings. The van der Waals surface area contributed by atoms with Crippen molar-refractivity contribution in [2.24, 2.45) is 7.05 Å². The zero-order valence-corrected chi connectivity index (χ0v) is 13.5. The number of aromatic nitrogens is 2. The Labute approximate surface area is 134 Å². The van der Waals surface area contributed by atoms with Crippen LogP contribution in [0.15, 0.2) is 40.9 Å². The first kappa shape index (κ1) is 14.5. The van der Waals surface area contributed by atoms with Crippen LogP contribution in [-0.2, 0) is 7.05 Å². The van der Waals surface area contributed by atoms with Gasteiger partial charge >= 0.3 is 5.69 Å². The van der Waals surface area contributed by atoms with Gasteiger partial charge in [-0.05, 0) is 42.0 Å². The van der Waals surface area contributed by atoms with Gasteiger partial charge in [0.25, 0.3) is 5.88 Å². The van der Waals surface area contributed by atoms with E-state index in [1.807, 2.05) is 30.3 Å². The summed E-state index contributed by atoms with van der Waals surface area (Å²) < 4.78 is 8.07. The van der Waals surface area contributed by atoms with Crippen molar-refractivity contribution in [1.29, 1.82) is 0 Å². The van der Waals surface area contributed by atoms with Gasteiger partial charge in [0, 0.05) is 11.5 Å². The molecule has 7 heteroatoms. The van der Waals surface area contributed by atoms with E-state index in [1.165, 1.54) is 4.68 Å². The fraction of sp³-hybridized carbons (Fsp3) is 0.133. The molecule has 0 saturated heterocycles. The Balaban J connectivity index is 2.03. The number of ether oxygens (including phenoxy) is 1. The smallest absolute Gasteiger partial charge is 0.353 e. The first-order valence-corrected chi connectivity index (χ1v) is 7.30. The van der Waals surface area contributed by atoms with Crippen LogP contribution in [0.1, 0.15) is 5.69 Å². The van der Waals surface area contributed by atoms with Gasteiger partial charge in [-0.1, -0.05) is 28.1 Å². The number of hydrogen-bond donors (Lipinski definition) is 0. The zero-order chi connectivity index (χ0) is 15.9. The molecule has 3 rings (SSSR count). The summed E-state index contributed by atoms with van der Waals surface area (Å²) in [5.41, 5.74) is 0.214. The van der Waals surface area contributed by atoms with Gasteiger partial charge in [0.1, 0.15) is 11.4 Å². The topological polar surface area (TPSA) is 70.2 Å². The average molecular weight is 362 g/mol. The number of nitrogens with zero attached hydrogens (tertiary/aromatic N) is 3. The predicted octanol–water partition coefficient (Wildman–Crippen LogP) is 4.34. The lowest BCUT2D eigenvalue weighted by Gasteiger charge is -2.07. The second-order valence-corrected chi connectivity index (χ2v) is 5.79. The highest BCUT2D eigenvalue weighted by Gasteiger charge is 2.26. The molecule has 1 heterocycles. The summed E-state index contributed by atoms with van der Waals surface area (Å²) in [7, 11) is 1.62. The fourth-order valence-corrected chi connectivity index (χ4v) is 2.70. The molecule has 0 spiro atoms. The molecule has 0 saturated carbocycles. The van der Waals surface area contributed by atoms with Crippen molar-refractivity contribution < 1.29 is 9.66 Å². The summed E-state index contributed by atoms with van der Waals surface area (Å²) in [6.45, 7) is 1.59. The maximum absolute atomic E-state index is 11.2. The lowest BCUT2D eigenvalue weighted by molar-refractivity contribution is -0.386. The van der Waals surface area contributed by atoms with E-state index in [-0.39, 0.29) is 11.6 Å². The van der Waals surface area contributed by atoms with Gasteiger partial charge in [-0.2, -0.15) is 5.10 Å². The standard InChI is InChI=1S/C15H12BrN3O3/c1-9-14(19(20)21)15(18(2)17-9)22-13-6-4-10-7-12(16)5-3-11(10)8-13/h3-8H,1-2H3. The minimum atomic E-state index is -0.476. The zero-order valence-electron chi connectivity index (χ0n) is 11.9. The molecular weight excluding hydrogens is 350 g/mol. The van der Waals surface area contributed by atoms with E-state index in [0.29, 0.717) is 11.4 Å². The Morgan fingerprint density at radius 3 is 2.64 bits per heavy atom. The number of nitro groups is 1. The van der Waals surface area contributed by atoms with E-state index in [2.05, 4.69) is 21.0 Å². The molecule has 22 heavy (non-hydrogen) atoms. The Morgan fingerprint density at radius 2 is 1.91 bits per heavy atom. The van der Waals surface area contributed by atoms with Crippen molar-refractivity contribution in [3.05, 3.63) is 56.7 Å². The van der Waals surface area contributed by atoms with Crippen LogP contribution in [-0.4, -0.2) is 14.7 Å². The SMILES string of the molecule is Cc1nn(C)c(Oc2ccc3cc(Br)ccc3c2)c1[N+](=O)[O-]. The molecule has 112 valence electrons. The number of halogens is 1. The molecule has 3 aromatic rings. The first-order chi connectivity index (χ1) is 10.5. The fourth-order valence-electron chi connectivity index (χ4n) is 2.32. The molecule has 0 bridgehead atoms. The minimum Gasteiger partial charge on any atom is -0.434 e. The highest BCUT2D eigenvalue weighted by molar-refractivity contribution is 9.10. The Bertz CT molecular complexity index is 889. The number of hydrogen-bond acceptors (Lipinski definition) is 4. The normalized spacial score (nSPS) is 10.9. The molecule has 0 amide bonds. The summed E-state index contributed by atoms with van der Waals surface area (Å²) in [5.74, 6) is 0.653. The average Bonchev–Trinajstić information content (AvgIpc) is 2.73. The third-order valence-electron chi connectivity index (χ3n) is 3.31. The maximum atomic E-state index is 11.2. The van der Waals surface area contributed by atoms with Crippen molar-refractivity contribution >= 4 is 32.4 Å². The van der Waals surface area contributed by atoms with Gasteiger partial charge in [0.15, 0.2) is 0 Å². The van der Waals surface area contributed by atoms with Crippen molar-refractivity contribution in [2.75, 3.05) is 0 Å². The molecule has 0 unspecified atom stereocenters. The molecule has 1 aromatic heterocycles. The summed E-state index contributed by atoms with van der Waals surface area (Å²) in [4.78, 5) is 10.7. The molecule has 0 aliphatic heterocycles. The summed E-state index contributed by atoms with van der Waals surface area (Å²) in [6.07, 6.45) is 0. The number of fused-ring (bicyclic) bond motifs is 1. The monoisotopic (exact) mass is 361 g/mol. The molecule has 0 fully saturated rings. The number of rotatable bonds is 3. The molecule has 2 aromatic carbocycles. The lowest BCUT2D eigenvalue weighted by atomic mass is 10.1. The van der Waals surface area contributed by atoms with Crippen molar-refractivity contribution in [3.8, 4) is 11.6 Å². The molecule has 0 atom stereocenters. The van der Waals surface area contributed by atoms with Crippen LogP contribution in [0.25, 0.3) is 10.8 Å². The van der Waals surface area contributed by atoms with E-state index >= 15 is 0 Å². The van der Waals surface area contributed by atoms with E-state index in [0.717, 1.165) is 15.2 Å². The van der Waals surface area contributed by atoms with Crippen LogP contribution in [0.2, 0.25) is 0 Å². The van der Waals surface area contributed by atoms with Crippen molar-refractivity contribution in [2.45, 2.75) is 6.92 Å². The van der Waals surface area contributed by atoms with Gasteiger partial charge in [-0.15, -0.1) is 0 Å². The van der Waals surface area contributed by atoms with Crippen LogP contribution in [0.3, 0.4) is 0 Å². The highest BCUT2D eigenvalue weighted by Crippen LogP contribution is 2.34. The third-order valence-corrected chi connectivity index (χ3v) is 3.80. The number of benzene rings is 2. The Kier molecular flexibility index (Phi) is 3.58. The van der Waals surface area contributed by atoms with E-state index in [9.17, 15) is 10.1 Å². The van der Waals surface area contributed by atoms with Gasteiger partial charge < -0.3 is 4.74 Å². The van der Waals surface area contributed by atoms with E-state index in [4.69, 9.17) is 4.74 Å². The van der Waals surface area contributed by atoms with Crippen LogP contribution in [0.5, 0.6) is 11.6 Å². The van der Waals surface area contributed by atoms with Crippen LogP contribution >= 0.6 is 15.9 Å². The molecule has 0 N–H and O–H groups in total. The van der Waals surface area contributed by atoms with E-state index in [1.54, 1.807) is 20.0 Å². The van der Waals surface area contributed by atoms with Gasteiger partial charge in [-0.25, -0.2) is 4.68 Å². The summed E-state index contributed by atoms with van der Waals surface area (Å²) in [5, 5.41) is 17.3. The Hall–Kier alpha value is -2.41. The predicted molar refractivity (Wildman–Crippen MR) is 86.3 cm³/mol. The first-order valence-electron chi connectivity index (χ1n) is 6.51. The quantitative estimate of drug-likeness (QED) is 0.513. The maximum Gasteiger partial charge on any atom is 0.353 e. The summed E-state index contributed by atoms with van der Waals surface area (Å²) in [6, 6.07) is 11.4. The number of aryl methyl sites for hydroxylation is 2. The van der Waals surface area contributed by atoms with Gasteiger partial charge in [0.05, 0.1) is 4.92 Å². The molecule has 6 nitrogen and oxygen atoms in total. The van der Waals surface area contributed by atoms with Crippen molar-refractivity contribution in [1.82, 2.24) is 9.78 Å². The van der Waals surface area contributed by atoms with Crippen LogP contribution in [0, 0.1) is 17.0 Å². The largest absolute Gasteiger partial charge is 0.434 e.